The van der Waals surface area contributed by atoms with Crippen LogP contribution in [0.5, 0.6) is 0 Å². The third-order valence-electron chi connectivity index (χ3n) is 2.88. The van der Waals surface area contributed by atoms with Crippen LogP contribution in [-0.2, 0) is 9.53 Å². The van der Waals surface area contributed by atoms with E-state index < -0.39 is 29.4 Å². The molecule has 0 saturated carbocycles. The molecule has 86 valence electrons. The van der Waals surface area contributed by atoms with E-state index in [9.17, 15) is 19.8 Å². The first-order chi connectivity index (χ1) is 6.61. The fraction of sp³-hybridized carbons (Fsp3) is 0.778. The molecule has 6 heteroatoms. The fourth-order valence-electron chi connectivity index (χ4n) is 1.47. The Kier molecular flexibility index (Phi) is 2.43. The lowest BCUT2D eigenvalue weighted by atomic mass is 9.95. The van der Waals surface area contributed by atoms with E-state index in [0.29, 0.717) is 0 Å². The van der Waals surface area contributed by atoms with Crippen LogP contribution in [0.3, 0.4) is 0 Å². The van der Waals surface area contributed by atoms with Gasteiger partial charge in [0.25, 0.3) is 0 Å². The monoisotopic (exact) mass is 216 g/mol. The van der Waals surface area contributed by atoms with Crippen molar-refractivity contribution in [1.82, 2.24) is 4.90 Å². The molecule has 1 aliphatic heterocycles. The highest BCUT2D eigenvalue weighted by molar-refractivity contribution is 5.80. The number of carbonyl (C=O) groups is 2. The molecule has 1 saturated heterocycles. The standard InChI is InChI=1S/C9H15NO5/c1-5(6(11)12)10-7(13)15-8(2,3)9(10,4)14/h5,14H,1-4H3,(H,11,12)/p-1/t5-,9-/m1/s1. The van der Waals surface area contributed by atoms with Crippen molar-refractivity contribution in [2.24, 2.45) is 0 Å². The lowest BCUT2D eigenvalue weighted by Gasteiger charge is -2.38. The number of ether oxygens (including phenoxy) is 1. The maximum Gasteiger partial charge on any atom is 0.413 e. The largest absolute Gasteiger partial charge is 0.548 e. The summed E-state index contributed by atoms with van der Waals surface area (Å²) in [4.78, 5) is 22.8. The second-order valence-electron chi connectivity index (χ2n) is 4.26. The third-order valence-corrected chi connectivity index (χ3v) is 2.88. The summed E-state index contributed by atoms with van der Waals surface area (Å²) < 4.78 is 4.89. The van der Waals surface area contributed by atoms with E-state index in [1.165, 1.54) is 27.7 Å². The average Bonchev–Trinajstić information content (AvgIpc) is 2.16. The van der Waals surface area contributed by atoms with Gasteiger partial charge in [-0.3, -0.25) is 4.90 Å². The Morgan fingerprint density at radius 2 is 2.00 bits per heavy atom. The smallest absolute Gasteiger partial charge is 0.413 e. The van der Waals surface area contributed by atoms with Gasteiger partial charge >= 0.3 is 6.09 Å². The van der Waals surface area contributed by atoms with Gasteiger partial charge in [-0.25, -0.2) is 4.79 Å². The van der Waals surface area contributed by atoms with Crippen LogP contribution in [-0.4, -0.2) is 39.4 Å². The van der Waals surface area contributed by atoms with Crippen LogP contribution in [0, 0.1) is 0 Å². The number of hydrogen-bond donors (Lipinski definition) is 1. The predicted molar refractivity (Wildman–Crippen MR) is 47.5 cm³/mol. The molecule has 2 atom stereocenters. The van der Waals surface area contributed by atoms with Crippen molar-refractivity contribution in [1.29, 1.82) is 0 Å². The van der Waals surface area contributed by atoms with E-state index in [2.05, 4.69) is 0 Å². The average molecular weight is 216 g/mol. The first-order valence-corrected chi connectivity index (χ1v) is 4.57. The Bertz CT molecular complexity index is 310. The molecule has 0 unspecified atom stereocenters. The van der Waals surface area contributed by atoms with Gasteiger partial charge in [-0.15, -0.1) is 0 Å². The molecule has 1 fully saturated rings. The minimum atomic E-state index is -1.68. The molecule has 0 aromatic rings. The Hall–Kier alpha value is -1.30. The highest BCUT2D eigenvalue weighted by Crippen LogP contribution is 2.38. The van der Waals surface area contributed by atoms with Crippen LogP contribution < -0.4 is 5.11 Å². The molecular weight excluding hydrogens is 202 g/mol. The molecular formula is C9H14NO5-. The normalized spacial score (nSPS) is 31.3. The maximum atomic E-state index is 11.4. The molecule has 0 radical (unpaired) electrons. The number of carboxylic acid groups (broad SMARTS) is 1. The van der Waals surface area contributed by atoms with Crippen LogP contribution in [0.25, 0.3) is 0 Å². The van der Waals surface area contributed by atoms with Crippen LogP contribution >= 0.6 is 0 Å². The highest BCUT2D eigenvalue weighted by Gasteiger charge is 2.58. The van der Waals surface area contributed by atoms with Crippen molar-refractivity contribution in [3.8, 4) is 0 Å². The lowest BCUT2D eigenvalue weighted by Crippen LogP contribution is -2.60. The van der Waals surface area contributed by atoms with Crippen molar-refractivity contribution in [2.45, 2.75) is 45.1 Å². The van der Waals surface area contributed by atoms with Crippen molar-refractivity contribution in [3.05, 3.63) is 0 Å². The summed E-state index contributed by atoms with van der Waals surface area (Å²) in [5, 5.41) is 20.7. The first kappa shape index (κ1) is 11.8. The molecule has 0 bridgehead atoms. The van der Waals surface area contributed by atoms with Gasteiger partial charge in [-0.2, -0.15) is 0 Å². The van der Waals surface area contributed by atoms with Crippen LogP contribution in [0.2, 0.25) is 0 Å². The second kappa shape index (κ2) is 3.10. The van der Waals surface area contributed by atoms with Gasteiger partial charge in [0.05, 0.1) is 12.0 Å². The Balaban J connectivity index is 3.10. The van der Waals surface area contributed by atoms with Crippen molar-refractivity contribution < 1.29 is 24.5 Å². The third kappa shape index (κ3) is 1.54. The molecule has 0 aliphatic carbocycles. The zero-order valence-corrected chi connectivity index (χ0v) is 9.10. The van der Waals surface area contributed by atoms with Gasteiger partial charge in [0.15, 0.2) is 11.3 Å². The van der Waals surface area contributed by atoms with Gasteiger partial charge in [0, 0.05) is 0 Å². The zero-order valence-electron chi connectivity index (χ0n) is 9.10. The number of carbonyl (C=O) groups excluding carboxylic acids is 2. The number of nitrogens with zero attached hydrogens (tertiary/aromatic N) is 1. The van der Waals surface area contributed by atoms with Gasteiger partial charge in [-0.05, 0) is 27.7 Å². The summed E-state index contributed by atoms with van der Waals surface area (Å²) in [6, 6.07) is -1.24. The quantitative estimate of drug-likeness (QED) is 0.643. The predicted octanol–water partition coefficient (Wildman–Crippen LogP) is -0.936. The van der Waals surface area contributed by atoms with Crippen LogP contribution in [0.15, 0.2) is 0 Å². The molecule has 1 N–H and O–H groups in total. The fourth-order valence-corrected chi connectivity index (χ4v) is 1.47. The van der Waals surface area contributed by atoms with E-state index in [0.717, 1.165) is 4.90 Å². The van der Waals surface area contributed by atoms with Gasteiger partial charge in [0.2, 0.25) is 0 Å². The Labute approximate surface area is 87.4 Å². The molecule has 15 heavy (non-hydrogen) atoms. The molecule has 1 aliphatic rings. The van der Waals surface area contributed by atoms with Gasteiger partial charge in [-0.1, -0.05) is 0 Å². The minimum Gasteiger partial charge on any atom is -0.548 e. The molecule has 1 rings (SSSR count). The minimum absolute atomic E-state index is 0.766. The number of carboxylic acids is 1. The van der Waals surface area contributed by atoms with E-state index >= 15 is 0 Å². The number of aliphatic hydroxyl groups is 1. The van der Waals surface area contributed by atoms with Crippen LogP contribution in [0.4, 0.5) is 4.79 Å². The van der Waals surface area contributed by atoms with E-state index in [-0.39, 0.29) is 0 Å². The van der Waals surface area contributed by atoms with Crippen molar-refractivity contribution in [2.75, 3.05) is 0 Å². The Morgan fingerprint density at radius 3 is 2.27 bits per heavy atom. The molecule has 1 amide bonds. The molecule has 0 aromatic carbocycles. The van der Waals surface area contributed by atoms with E-state index in [4.69, 9.17) is 4.74 Å². The maximum absolute atomic E-state index is 11.4. The molecule has 1 heterocycles. The SMILES string of the molecule is C[C@H](C(=O)[O-])N1C(=O)OC(C)(C)[C@@]1(C)O. The molecule has 6 nitrogen and oxygen atoms in total. The summed E-state index contributed by atoms with van der Waals surface area (Å²) >= 11 is 0. The lowest BCUT2D eigenvalue weighted by molar-refractivity contribution is -0.313. The zero-order chi connectivity index (χ0) is 12.0. The summed E-state index contributed by atoms with van der Waals surface area (Å²) in [6.07, 6.45) is -0.860. The van der Waals surface area contributed by atoms with Crippen molar-refractivity contribution >= 4 is 12.1 Å². The summed E-state index contributed by atoms with van der Waals surface area (Å²) in [5.74, 6) is -1.44. The number of hydrogen-bond acceptors (Lipinski definition) is 5. The number of amides is 1. The van der Waals surface area contributed by atoms with E-state index in [1.54, 1.807) is 0 Å². The van der Waals surface area contributed by atoms with Gasteiger partial charge in [0.1, 0.15) is 0 Å². The summed E-state index contributed by atoms with van der Waals surface area (Å²) in [6.45, 7) is 5.60. The topological polar surface area (TPSA) is 89.9 Å². The van der Waals surface area contributed by atoms with E-state index in [1.807, 2.05) is 0 Å². The number of aliphatic carboxylic acids is 1. The van der Waals surface area contributed by atoms with Crippen molar-refractivity contribution in [3.63, 3.8) is 0 Å². The van der Waals surface area contributed by atoms with Gasteiger partial charge < -0.3 is 19.7 Å². The molecule has 0 aromatic heterocycles. The summed E-state index contributed by atoms with van der Waals surface area (Å²) in [7, 11) is 0. The Morgan fingerprint density at radius 1 is 1.53 bits per heavy atom. The molecule has 0 spiro atoms. The number of rotatable bonds is 2. The highest BCUT2D eigenvalue weighted by atomic mass is 16.6. The number of cyclic esters (lactones) is 1. The van der Waals surface area contributed by atoms with Crippen LogP contribution in [0.1, 0.15) is 27.7 Å². The summed E-state index contributed by atoms with van der Waals surface area (Å²) in [5.41, 5.74) is -2.84. The first-order valence-electron chi connectivity index (χ1n) is 4.57. The second-order valence-corrected chi connectivity index (χ2v) is 4.26.